The van der Waals surface area contributed by atoms with Crippen LogP contribution in [0.2, 0.25) is 10.0 Å². The molecule has 0 atom stereocenters. The predicted molar refractivity (Wildman–Crippen MR) is 167 cm³/mol. The van der Waals surface area contributed by atoms with Crippen LogP contribution in [0.25, 0.3) is 5.69 Å². The summed E-state index contributed by atoms with van der Waals surface area (Å²) in [4.78, 5) is 13.0. The maximum Gasteiger partial charge on any atom is 0.264 e. The molecular weight excluding hydrogens is 651 g/mol. The van der Waals surface area contributed by atoms with Crippen molar-refractivity contribution in [1.82, 2.24) is 9.99 Å². The van der Waals surface area contributed by atoms with E-state index in [4.69, 9.17) is 27.9 Å². The van der Waals surface area contributed by atoms with Crippen LogP contribution in [-0.2, 0) is 14.8 Å². The molecule has 0 saturated carbocycles. The molecule has 4 rings (SSSR count). The van der Waals surface area contributed by atoms with E-state index in [1.54, 1.807) is 48.5 Å². The van der Waals surface area contributed by atoms with E-state index in [1.807, 2.05) is 31.4 Å². The van der Waals surface area contributed by atoms with Crippen LogP contribution in [0.3, 0.4) is 0 Å². The van der Waals surface area contributed by atoms with Crippen molar-refractivity contribution in [1.29, 1.82) is 0 Å². The predicted octanol–water partition coefficient (Wildman–Crippen LogP) is 6.83. The Labute approximate surface area is 257 Å². The highest BCUT2D eigenvalue weighted by Crippen LogP contribution is 2.31. The number of nitrogens with zero attached hydrogens (tertiary/aromatic N) is 3. The van der Waals surface area contributed by atoms with Gasteiger partial charge in [-0.2, -0.15) is 5.10 Å². The summed E-state index contributed by atoms with van der Waals surface area (Å²) in [7, 11) is -2.64. The third kappa shape index (κ3) is 6.78. The van der Waals surface area contributed by atoms with Gasteiger partial charge in [-0.3, -0.25) is 9.10 Å². The van der Waals surface area contributed by atoms with E-state index in [1.165, 1.54) is 25.5 Å². The Bertz CT molecular complexity index is 1740. The highest BCUT2D eigenvalue weighted by Gasteiger charge is 2.28. The van der Waals surface area contributed by atoms with Crippen molar-refractivity contribution in [2.24, 2.45) is 5.10 Å². The van der Waals surface area contributed by atoms with E-state index < -0.39 is 22.5 Å². The number of carbonyl (C=O) groups excluding carboxylic acids is 1. The lowest BCUT2D eigenvalue weighted by atomic mass is 10.2. The van der Waals surface area contributed by atoms with Crippen LogP contribution in [0.4, 0.5) is 5.69 Å². The van der Waals surface area contributed by atoms with Crippen molar-refractivity contribution in [2.45, 2.75) is 25.7 Å². The van der Waals surface area contributed by atoms with Crippen molar-refractivity contribution in [3.8, 4) is 11.4 Å². The van der Waals surface area contributed by atoms with E-state index in [0.717, 1.165) is 32.5 Å². The lowest BCUT2D eigenvalue weighted by Crippen LogP contribution is -2.39. The van der Waals surface area contributed by atoms with Gasteiger partial charge in [0.2, 0.25) is 0 Å². The number of aromatic nitrogens is 1. The van der Waals surface area contributed by atoms with Crippen LogP contribution in [0.1, 0.15) is 22.5 Å². The molecular formula is C29H27BrCl2N4O4S. The van der Waals surface area contributed by atoms with E-state index in [0.29, 0.717) is 26.0 Å². The lowest BCUT2D eigenvalue weighted by Gasteiger charge is -2.24. The smallest absolute Gasteiger partial charge is 0.264 e. The Kier molecular flexibility index (Phi) is 9.48. The normalized spacial score (nSPS) is 11.6. The summed E-state index contributed by atoms with van der Waals surface area (Å²) in [5.74, 6) is -0.139. The number of hydrogen-bond donors (Lipinski definition) is 1. The fourth-order valence-corrected chi connectivity index (χ4v) is 6.76. The second-order valence-electron chi connectivity index (χ2n) is 9.19. The highest BCUT2D eigenvalue weighted by atomic mass is 79.9. The molecule has 214 valence electrons. The minimum absolute atomic E-state index is 0.00540. The fraction of sp³-hybridized carbons (Fsp3) is 0.172. The first kappa shape index (κ1) is 30.6. The summed E-state index contributed by atoms with van der Waals surface area (Å²) in [5, 5.41) is 5.19. The number of anilines is 1. The van der Waals surface area contributed by atoms with Crippen LogP contribution in [0, 0.1) is 20.8 Å². The molecule has 0 aliphatic carbocycles. The Morgan fingerprint density at radius 3 is 2.41 bits per heavy atom. The summed E-state index contributed by atoms with van der Waals surface area (Å²) in [6, 6.07) is 18.4. The number of halogens is 3. The lowest BCUT2D eigenvalue weighted by molar-refractivity contribution is -0.119. The number of carbonyl (C=O) groups is 1. The first-order chi connectivity index (χ1) is 19.4. The number of benzene rings is 3. The summed E-state index contributed by atoms with van der Waals surface area (Å²) in [5.41, 5.74) is 6.92. The van der Waals surface area contributed by atoms with Gasteiger partial charge in [0.25, 0.3) is 15.9 Å². The first-order valence-electron chi connectivity index (χ1n) is 12.3. The van der Waals surface area contributed by atoms with Gasteiger partial charge in [0, 0.05) is 22.0 Å². The number of hydrogen-bond acceptors (Lipinski definition) is 5. The van der Waals surface area contributed by atoms with Crippen molar-refractivity contribution >= 4 is 67.0 Å². The van der Waals surface area contributed by atoms with E-state index in [2.05, 4.69) is 26.5 Å². The standard InChI is InChI=1S/C29H27BrCl2N4O4S/c1-18-5-8-23(9-6-18)35(41(38,39)24-10-12-28(40-4)25(30)15-24)17-29(37)34-33-16-21-13-19(2)36(20(21)3)27-14-22(31)7-11-26(27)32/h5-16H,17H2,1-4H3,(H,34,37)/b33-16-. The molecule has 0 radical (unpaired) electrons. The number of nitrogens with one attached hydrogen (secondary N) is 1. The third-order valence-electron chi connectivity index (χ3n) is 6.33. The largest absolute Gasteiger partial charge is 0.496 e. The Balaban J connectivity index is 1.58. The summed E-state index contributed by atoms with van der Waals surface area (Å²) in [6.45, 7) is 5.21. The molecule has 4 aromatic rings. The SMILES string of the molecule is COc1ccc(S(=O)(=O)N(CC(=O)N/N=C\c2cc(C)n(-c3cc(Cl)ccc3Cl)c2C)c2ccc(C)cc2)cc1Br. The van der Waals surface area contributed by atoms with Crippen LogP contribution >= 0.6 is 39.1 Å². The minimum atomic E-state index is -4.13. The molecule has 1 N–H and O–H groups in total. The molecule has 3 aromatic carbocycles. The number of ether oxygens (including phenoxy) is 1. The summed E-state index contributed by atoms with van der Waals surface area (Å²) >= 11 is 15.9. The molecule has 41 heavy (non-hydrogen) atoms. The highest BCUT2D eigenvalue weighted by molar-refractivity contribution is 9.10. The number of aryl methyl sites for hydroxylation is 2. The molecule has 0 unspecified atom stereocenters. The topological polar surface area (TPSA) is 93.0 Å². The van der Waals surface area contributed by atoms with Crippen LogP contribution in [-0.4, -0.2) is 38.8 Å². The van der Waals surface area contributed by atoms with Crippen molar-refractivity contribution < 1.29 is 17.9 Å². The van der Waals surface area contributed by atoms with Crippen molar-refractivity contribution in [2.75, 3.05) is 18.0 Å². The molecule has 1 heterocycles. The van der Waals surface area contributed by atoms with Crippen LogP contribution < -0.4 is 14.5 Å². The second-order valence-corrected chi connectivity index (χ2v) is 12.8. The van der Waals surface area contributed by atoms with Gasteiger partial charge in [0.1, 0.15) is 12.3 Å². The quantitative estimate of drug-likeness (QED) is 0.155. The van der Waals surface area contributed by atoms with Gasteiger partial charge in [0.05, 0.1) is 39.1 Å². The average molecular weight is 678 g/mol. The van der Waals surface area contributed by atoms with Gasteiger partial charge in [-0.25, -0.2) is 13.8 Å². The summed E-state index contributed by atoms with van der Waals surface area (Å²) in [6.07, 6.45) is 1.50. The van der Waals surface area contributed by atoms with Crippen LogP contribution in [0.5, 0.6) is 5.75 Å². The number of hydrazone groups is 1. The maximum absolute atomic E-state index is 13.7. The first-order valence-corrected chi connectivity index (χ1v) is 15.3. The van der Waals surface area contributed by atoms with E-state index in [9.17, 15) is 13.2 Å². The Morgan fingerprint density at radius 1 is 1.05 bits per heavy atom. The van der Waals surface area contributed by atoms with Gasteiger partial charge in [-0.05, 0) is 91.3 Å². The average Bonchev–Trinajstić information content (AvgIpc) is 3.21. The number of amides is 1. The van der Waals surface area contributed by atoms with Gasteiger partial charge in [0.15, 0.2) is 0 Å². The van der Waals surface area contributed by atoms with Crippen molar-refractivity contribution in [3.05, 3.63) is 104 Å². The number of rotatable bonds is 9. The minimum Gasteiger partial charge on any atom is -0.496 e. The molecule has 0 spiro atoms. The van der Waals surface area contributed by atoms with Crippen molar-refractivity contribution in [3.63, 3.8) is 0 Å². The number of methoxy groups -OCH3 is 1. The second kappa shape index (κ2) is 12.7. The monoisotopic (exact) mass is 676 g/mol. The van der Waals surface area contributed by atoms with Gasteiger partial charge >= 0.3 is 0 Å². The molecule has 0 aliphatic heterocycles. The van der Waals surface area contributed by atoms with Gasteiger partial charge in [-0.15, -0.1) is 0 Å². The molecule has 8 nitrogen and oxygen atoms in total. The van der Waals surface area contributed by atoms with Gasteiger partial charge in [-0.1, -0.05) is 40.9 Å². The maximum atomic E-state index is 13.7. The van der Waals surface area contributed by atoms with Gasteiger partial charge < -0.3 is 9.30 Å². The van der Waals surface area contributed by atoms with E-state index >= 15 is 0 Å². The molecule has 1 aromatic heterocycles. The van der Waals surface area contributed by atoms with Crippen LogP contribution in [0.15, 0.2) is 81.2 Å². The Morgan fingerprint density at radius 2 is 1.76 bits per heavy atom. The molecule has 0 bridgehead atoms. The molecule has 0 saturated heterocycles. The fourth-order valence-electron chi connectivity index (χ4n) is 4.25. The Hall–Kier alpha value is -3.31. The zero-order valence-corrected chi connectivity index (χ0v) is 26.6. The third-order valence-corrected chi connectivity index (χ3v) is 9.28. The summed E-state index contributed by atoms with van der Waals surface area (Å²) < 4.78 is 36.1. The molecule has 1 amide bonds. The zero-order chi connectivity index (χ0) is 29.9. The molecule has 0 aliphatic rings. The van der Waals surface area contributed by atoms with E-state index in [-0.39, 0.29) is 4.90 Å². The molecule has 0 fully saturated rings. The number of sulfonamides is 1. The zero-order valence-electron chi connectivity index (χ0n) is 22.7. The molecule has 12 heteroatoms.